The molecule has 138 valence electrons. The Bertz CT molecular complexity index is 1220. The highest BCUT2D eigenvalue weighted by Gasteiger charge is 2.17. The quantitative estimate of drug-likeness (QED) is 0.409. The van der Waals surface area contributed by atoms with E-state index in [2.05, 4.69) is 20.5 Å². The van der Waals surface area contributed by atoms with Gasteiger partial charge in [-0.05, 0) is 23.8 Å². The third-order valence-electron chi connectivity index (χ3n) is 4.37. The molecule has 8 heteroatoms. The van der Waals surface area contributed by atoms with Gasteiger partial charge in [0.1, 0.15) is 5.69 Å². The molecule has 2 N–H and O–H groups in total. The summed E-state index contributed by atoms with van der Waals surface area (Å²) in [5.41, 5.74) is 1.96. The van der Waals surface area contributed by atoms with Gasteiger partial charge in [0.25, 0.3) is 11.2 Å². The zero-order valence-electron chi connectivity index (χ0n) is 14.6. The van der Waals surface area contributed by atoms with Crippen LogP contribution in [0, 0.1) is 10.1 Å². The number of rotatable bonds is 5. The van der Waals surface area contributed by atoms with Crippen molar-refractivity contribution in [3.8, 4) is 11.3 Å². The second-order valence-electron chi connectivity index (χ2n) is 6.15. The van der Waals surface area contributed by atoms with Crippen molar-refractivity contribution in [3.63, 3.8) is 0 Å². The van der Waals surface area contributed by atoms with Crippen LogP contribution in [0.3, 0.4) is 0 Å². The van der Waals surface area contributed by atoms with E-state index in [4.69, 9.17) is 0 Å². The van der Waals surface area contributed by atoms with Gasteiger partial charge in [-0.3, -0.25) is 19.9 Å². The number of hydrogen-bond donors (Lipinski definition) is 2. The van der Waals surface area contributed by atoms with E-state index < -0.39 is 4.92 Å². The Hall–Kier alpha value is -4.07. The van der Waals surface area contributed by atoms with Gasteiger partial charge in [-0.25, -0.2) is 5.10 Å². The molecule has 0 aliphatic carbocycles. The number of nitro benzene ring substituents is 1. The maximum absolute atomic E-state index is 12.0. The molecule has 2 aromatic heterocycles. The smallest absolute Gasteiger partial charge is 0.293 e. The van der Waals surface area contributed by atoms with E-state index in [1.807, 2.05) is 12.1 Å². The lowest BCUT2D eigenvalue weighted by Gasteiger charge is -2.10. The summed E-state index contributed by atoms with van der Waals surface area (Å²) in [6.45, 7) is 0.411. The minimum atomic E-state index is -0.442. The molecule has 0 aliphatic rings. The van der Waals surface area contributed by atoms with Crippen molar-refractivity contribution in [1.29, 1.82) is 0 Å². The molecule has 4 aromatic rings. The molecule has 0 aliphatic heterocycles. The molecular weight excluding hydrogens is 358 g/mol. The first kappa shape index (κ1) is 17.3. The Kier molecular flexibility index (Phi) is 4.51. The van der Waals surface area contributed by atoms with E-state index in [0.717, 1.165) is 5.56 Å². The van der Waals surface area contributed by atoms with Gasteiger partial charge in [0.15, 0.2) is 0 Å². The van der Waals surface area contributed by atoms with E-state index in [-0.39, 0.29) is 11.2 Å². The number of aromatic nitrogens is 3. The second-order valence-corrected chi connectivity index (χ2v) is 6.15. The molecule has 2 heterocycles. The van der Waals surface area contributed by atoms with Crippen molar-refractivity contribution in [3.05, 3.63) is 93.0 Å². The molecule has 8 nitrogen and oxygen atoms in total. The lowest BCUT2D eigenvalue weighted by Crippen LogP contribution is -2.09. The molecule has 0 fully saturated rings. The van der Waals surface area contributed by atoms with Crippen molar-refractivity contribution < 1.29 is 4.92 Å². The average molecular weight is 373 g/mol. The molecule has 0 saturated heterocycles. The molecule has 28 heavy (non-hydrogen) atoms. The molecule has 0 bridgehead atoms. The third kappa shape index (κ3) is 3.30. The van der Waals surface area contributed by atoms with Crippen molar-refractivity contribution in [2.75, 3.05) is 5.32 Å². The summed E-state index contributed by atoms with van der Waals surface area (Å²) in [5.74, 6) is 0. The highest BCUT2D eigenvalue weighted by Crippen LogP contribution is 2.32. The molecular formula is C20H15N5O3. The van der Waals surface area contributed by atoms with Gasteiger partial charge in [0.05, 0.1) is 16.0 Å². The van der Waals surface area contributed by atoms with Crippen LogP contribution in [0.4, 0.5) is 11.4 Å². The first-order valence-electron chi connectivity index (χ1n) is 8.52. The number of nitrogens with one attached hydrogen (secondary N) is 2. The Morgan fingerprint density at radius 3 is 2.64 bits per heavy atom. The summed E-state index contributed by atoms with van der Waals surface area (Å²) < 4.78 is 0. The fourth-order valence-corrected chi connectivity index (χ4v) is 3.01. The van der Waals surface area contributed by atoms with Crippen LogP contribution in [-0.2, 0) is 6.54 Å². The number of H-pyrrole nitrogens is 1. The lowest BCUT2D eigenvalue weighted by molar-refractivity contribution is -0.383. The lowest BCUT2D eigenvalue weighted by atomic mass is 10.0. The number of hydrogen-bond acceptors (Lipinski definition) is 6. The number of fused-ring (bicyclic) bond motifs is 1. The van der Waals surface area contributed by atoms with E-state index in [1.165, 1.54) is 6.07 Å². The van der Waals surface area contributed by atoms with E-state index >= 15 is 0 Å². The predicted molar refractivity (Wildman–Crippen MR) is 106 cm³/mol. The second kappa shape index (κ2) is 7.28. The van der Waals surface area contributed by atoms with E-state index in [0.29, 0.717) is 34.3 Å². The standard InChI is InChI=1S/C20H15N5O3/c26-20-16-6-2-1-5-15(16)19(23-24-20)14-7-8-17(18(10-14)25(27)28)22-12-13-4-3-9-21-11-13/h1-11,22H,12H2,(H,24,26). The van der Waals surface area contributed by atoms with Gasteiger partial charge in [0.2, 0.25) is 0 Å². The Morgan fingerprint density at radius 2 is 1.89 bits per heavy atom. The molecule has 0 atom stereocenters. The first-order valence-corrected chi connectivity index (χ1v) is 8.52. The van der Waals surface area contributed by atoms with Crippen LogP contribution in [-0.4, -0.2) is 20.1 Å². The average Bonchev–Trinajstić information content (AvgIpc) is 2.73. The summed E-state index contributed by atoms with van der Waals surface area (Å²) in [6, 6.07) is 15.6. The normalized spacial score (nSPS) is 10.7. The van der Waals surface area contributed by atoms with Crippen LogP contribution in [0.5, 0.6) is 0 Å². The largest absolute Gasteiger partial charge is 0.375 e. The van der Waals surface area contributed by atoms with Crippen molar-refractivity contribution >= 4 is 22.1 Å². The number of nitrogens with zero attached hydrogens (tertiary/aromatic N) is 3. The molecule has 0 radical (unpaired) electrons. The Morgan fingerprint density at radius 1 is 1.07 bits per heavy atom. The van der Waals surface area contributed by atoms with Crippen molar-refractivity contribution in [2.45, 2.75) is 6.54 Å². The fraction of sp³-hybridized carbons (Fsp3) is 0.0500. The Labute approximate surface area is 159 Å². The monoisotopic (exact) mass is 373 g/mol. The molecule has 0 unspecified atom stereocenters. The number of nitro groups is 1. The molecule has 0 spiro atoms. The van der Waals surface area contributed by atoms with Gasteiger partial charge in [-0.1, -0.05) is 30.3 Å². The number of aromatic amines is 1. The number of benzene rings is 2. The topological polar surface area (TPSA) is 114 Å². The van der Waals surface area contributed by atoms with Gasteiger partial charge in [-0.15, -0.1) is 0 Å². The summed E-state index contributed by atoms with van der Waals surface area (Å²) in [7, 11) is 0. The van der Waals surface area contributed by atoms with Crippen molar-refractivity contribution in [2.24, 2.45) is 0 Å². The maximum atomic E-state index is 12.0. The molecule has 4 rings (SSSR count). The summed E-state index contributed by atoms with van der Waals surface area (Å²) in [6.07, 6.45) is 3.37. The van der Waals surface area contributed by atoms with Crippen LogP contribution in [0.1, 0.15) is 5.56 Å². The summed E-state index contributed by atoms with van der Waals surface area (Å²) in [5, 5.41) is 22.4. The third-order valence-corrected chi connectivity index (χ3v) is 4.37. The molecule has 0 saturated carbocycles. The predicted octanol–water partition coefficient (Wildman–Crippen LogP) is 3.51. The van der Waals surface area contributed by atoms with Crippen LogP contribution < -0.4 is 10.9 Å². The van der Waals surface area contributed by atoms with E-state index in [1.54, 1.807) is 48.8 Å². The first-order chi connectivity index (χ1) is 13.6. The summed E-state index contributed by atoms with van der Waals surface area (Å²) in [4.78, 5) is 27.2. The fourth-order valence-electron chi connectivity index (χ4n) is 3.01. The van der Waals surface area contributed by atoms with Gasteiger partial charge < -0.3 is 5.32 Å². The van der Waals surface area contributed by atoms with Crippen LogP contribution in [0.25, 0.3) is 22.0 Å². The van der Waals surface area contributed by atoms with Crippen molar-refractivity contribution in [1.82, 2.24) is 15.2 Å². The minimum Gasteiger partial charge on any atom is -0.375 e. The highest BCUT2D eigenvalue weighted by atomic mass is 16.6. The summed E-state index contributed by atoms with van der Waals surface area (Å²) >= 11 is 0. The van der Waals surface area contributed by atoms with E-state index in [9.17, 15) is 14.9 Å². The van der Waals surface area contributed by atoms with Crippen LogP contribution >= 0.6 is 0 Å². The van der Waals surface area contributed by atoms with Gasteiger partial charge in [-0.2, -0.15) is 5.10 Å². The Balaban J connectivity index is 1.74. The highest BCUT2D eigenvalue weighted by molar-refractivity contribution is 5.94. The van der Waals surface area contributed by atoms with Crippen LogP contribution in [0.15, 0.2) is 71.8 Å². The molecule has 2 aromatic carbocycles. The van der Waals surface area contributed by atoms with Crippen LogP contribution in [0.2, 0.25) is 0 Å². The number of anilines is 1. The maximum Gasteiger partial charge on any atom is 0.293 e. The SMILES string of the molecule is O=c1[nH]nc(-c2ccc(NCc3cccnc3)c([N+](=O)[O-])c2)c2ccccc12. The number of pyridine rings is 1. The zero-order chi connectivity index (χ0) is 19.5. The zero-order valence-corrected chi connectivity index (χ0v) is 14.6. The minimum absolute atomic E-state index is 0.0709. The van der Waals surface area contributed by atoms with Gasteiger partial charge in [0, 0.05) is 36.0 Å². The van der Waals surface area contributed by atoms with Gasteiger partial charge >= 0.3 is 0 Å². The molecule has 0 amide bonds.